The lowest BCUT2D eigenvalue weighted by atomic mass is 9.89. The van der Waals surface area contributed by atoms with Crippen molar-refractivity contribution in [3.8, 4) is 0 Å². The Kier molecular flexibility index (Phi) is 3.63. The van der Waals surface area contributed by atoms with Gasteiger partial charge in [0.1, 0.15) is 5.82 Å². The molecule has 1 atom stereocenters. The first-order chi connectivity index (χ1) is 6.66. The summed E-state index contributed by atoms with van der Waals surface area (Å²) in [5, 5.41) is 0. The van der Waals surface area contributed by atoms with Crippen molar-refractivity contribution in [1.29, 1.82) is 0 Å². The van der Waals surface area contributed by atoms with E-state index in [4.69, 9.17) is 5.73 Å². The molecule has 0 bridgehead atoms. The Morgan fingerprint density at radius 2 is 2.07 bits per heavy atom. The number of allylic oxidation sites excluding steroid dienone is 1. The predicted octanol–water partition coefficient (Wildman–Crippen LogP) is 2.37. The Labute approximate surface area is 85.1 Å². The first-order valence-corrected chi connectivity index (χ1v) is 4.84. The number of nitrogen functional groups attached to an aromatic ring is 1. The highest BCUT2D eigenvalue weighted by molar-refractivity contribution is 5.36. The van der Waals surface area contributed by atoms with Crippen LogP contribution in [0, 0.1) is 5.92 Å². The summed E-state index contributed by atoms with van der Waals surface area (Å²) in [6.45, 7) is 8.06. The summed E-state index contributed by atoms with van der Waals surface area (Å²) >= 11 is 0. The van der Waals surface area contributed by atoms with E-state index in [1.165, 1.54) is 0 Å². The molecule has 0 spiro atoms. The minimum Gasteiger partial charge on any atom is -0.382 e. The molecule has 1 aromatic rings. The van der Waals surface area contributed by atoms with Crippen LogP contribution in [0.15, 0.2) is 25.0 Å². The van der Waals surface area contributed by atoms with E-state index >= 15 is 0 Å². The minimum atomic E-state index is 0.321. The molecule has 3 heteroatoms. The van der Waals surface area contributed by atoms with Crippen molar-refractivity contribution in [2.75, 3.05) is 5.73 Å². The topological polar surface area (TPSA) is 51.8 Å². The SMILES string of the molecule is C=CC[C@H](c1nccnc1N)C(C)C. The molecular formula is C11H17N3. The van der Waals surface area contributed by atoms with Crippen LogP contribution in [0.3, 0.4) is 0 Å². The molecule has 0 fully saturated rings. The quantitative estimate of drug-likeness (QED) is 0.743. The Morgan fingerprint density at radius 1 is 1.43 bits per heavy atom. The first kappa shape index (κ1) is 10.7. The standard InChI is InChI=1S/C11H17N3/c1-4-5-9(8(2)3)10-11(12)14-7-6-13-10/h4,6-9H,1,5H2,2-3H3,(H2,12,14)/t9-/m0/s1. The zero-order chi connectivity index (χ0) is 10.6. The van der Waals surface area contributed by atoms with Crippen molar-refractivity contribution in [2.24, 2.45) is 5.92 Å². The van der Waals surface area contributed by atoms with E-state index < -0.39 is 0 Å². The number of anilines is 1. The molecule has 0 aromatic carbocycles. The molecule has 1 rings (SSSR count). The number of nitrogens with zero attached hydrogens (tertiary/aromatic N) is 2. The molecule has 0 aliphatic rings. The van der Waals surface area contributed by atoms with E-state index in [2.05, 4.69) is 30.4 Å². The summed E-state index contributed by atoms with van der Waals surface area (Å²) in [5.41, 5.74) is 6.67. The molecule has 0 aliphatic carbocycles. The van der Waals surface area contributed by atoms with Crippen LogP contribution in [-0.4, -0.2) is 9.97 Å². The second kappa shape index (κ2) is 4.74. The molecule has 1 heterocycles. The Bertz CT molecular complexity index is 307. The Morgan fingerprint density at radius 3 is 2.57 bits per heavy atom. The lowest BCUT2D eigenvalue weighted by Gasteiger charge is -2.19. The maximum atomic E-state index is 5.78. The third-order valence-corrected chi connectivity index (χ3v) is 2.33. The molecule has 14 heavy (non-hydrogen) atoms. The summed E-state index contributed by atoms with van der Waals surface area (Å²) < 4.78 is 0. The number of aromatic nitrogens is 2. The van der Waals surface area contributed by atoms with Gasteiger partial charge in [0.2, 0.25) is 0 Å². The van der Waals surface area contributed by atoms with Crippen molar-refractivity contribution >= 4 is 5.82 Å². The largest absolute Gasteiger partial charge is 0.382 e. The van der Waals surface area contributed by atoms with E-state index in [9.17, 15) is 0 Å². The van der Waals surface area contributed by atoms with Gasteiger partial charge in [-0.15, -0.1) is 6.58 Å². The summed E-state index contributed by atoms with van der Waals surface area (Å²) in [5.74, 6) is 1.35. The van der Waals surface area contributed by atoms with E-state index in [0.29, 0.717) is 17.7 Å². The average molecular weight is 191 g/mol. The first-order valence-electron chi connectivity index (χ1n) is 4.84. The maximum Gasteiger partial charge on any atom is 0.145 e. The molecule has 0 saturated carbocycles. The fraction of sp³-hybridized carbons (Fsp3) is 0.455. The van der Waals surface area contributed by atoms with Gasteiger partial charge in [-0.25, -0.2) is 4.98 Å². The molecule has 76 valence electrons. The van der Waals surface area contributed by atoms with Crippen LogP contribution in [0.2, 0.25) is 0 Å². The second-order valence-electron chi connectivity index (χ2n) is 3.70. The van der Waals surface area contributed by atoms with E-state index in [1.807, 2.05) is 6.08 Å². The highest BCUT2D eigenvalue weighted by atomic mass is 14.9. The van der Waals surface area contributed by atoms with Gasteiger partial charge >= 0.3 is 0 Å². The molecule has 0 unspecified atom stereocenters. The molecule has 0 amide bonds. The maximum absolute atomic E-state index is 5.78. The normalized spacial score (nSPS) is 12.8. The number of hydrogen-bond donors (Lipinski definition) is 1. The fourth-order valence-electron chi connectivity index (χ4n) is 1.52. The van der Waals surface area contributed by atoms with Crippen molar-refractivity contribution in [3.05, 3.63) is 30.7 Å². The zero-order valence-corrected chi connectivity index (χ0v) is 8.77. The molecular weight excluding hydrogens is 174 g/mol. The van der Waals surface area contributed by atoms with Crippen LogP contribution in [0.5, 0.6) is 0 Å². The smallest absolute Gasteiger partial charge is 0.145 e. The van der Waals surface area contributed by atoms with Gasteiger partial charge in [-0.2, -0.15) is 0 Å². The summed E-state index contributed by atoms with van der Waals surface area (Å²) in [7, 11) is 0. The van der Waals surface area contributed by atoms with Crippen molar-refractivity contribution in [3.63, 3.8) is 0 Å². The average Bonchev–Trinajstić information content (AvgIpc) is 2.15. The molecule has 0 aliphatic heterocycles. The summed E-state index contributed by atoms with van der Waals surface area (Å²) in [4.78, 5) is 8.33. The minimum absolute atomic E-state index is 0.321. The van der Waals surface area contributed by atoms with Crippen molar-refractivity contribution < 1.29 is 0 Å². The van der Waals surface area contributed by atoms with Crippen LogP contribution in [-0.2, 0) is 0 Å². The molecule has 1 aromatic heterocycles. The highest BCUT2D eigenvalue weighted by Gasteiger charge is 2.18. The van der Waals surface area contributed by atoms with Crippen molar-refractivity contribution in [2.45, 2.75) is 26.2 Å². The van der Waals surface area contributed by atoms with Gasteiger partial charge in [0.15, 0.2) is 0 Å². The third kappa shape index (κ3) is 2.31. The van der Waals surface area contributed by atoms with Gasteiger partial charge in [-0.05, 0) is 12.3 Å². The molecule has 2 N–H and O–H groups in total. The number of rotatable bonds is 4. The van der Waals surface area contributed by atoms with Crippen LogP contribution in [0.4, 0.5) is 5.82 Å². The molecule has 0 saturated heterocycles. The Hall–Kier alpha value is -1.38. The van der Waals surface area contributed by atoms with Crippen LogP contribution < -0.4 is 5.73 Å². The van der Waals surface area contributed by atoms with Gasteiger partial charge in [0.05, 0.1) is 5.69 Å². The summed E-state index contributed by atoms with van der Waals surface area (Å²) in [6, 6.07) is 0. The monoisotopic (exact) mass is 191 g/mol. The van der Waals surface area contributed by atoms with Gasteiger partial charge in [0.25, 0.3) is 0 Å². The predicted molar refractivity (Wildman–Crippen MR) is 58.8 cm³/mol. The number of hydrogen-bond acceptors (Lipinski definition) is 3. The van der Waals surface area contributed by atoms with Gasteiger partial charge in [-0.3, -0.25) is 4.98 Å². The Balaban J connectivity index is 2.98. The van der Waals surface area contributed by atoms with Crippen LogP contribution >= 0.6 is 0 Å². The van der Waals surface area contributed by atoms with Crippen LogP contribution in [0.1, 0.15) is 31.9 Å². The van der Waals surface area contributed by atoms with Crippen molar-refractivity contribution in [1.82, 2.24) is 9.97 Å². The second-order valence-corrected chi connectivity index (χ2v) is 3.70. The zero-order valence-electron chi connectivity index (χ0n) is 8.77. The van der Waals surface area contributed by atoms with E-state index in [0.717, 1.165) is 12.1 Å². The van der Waals surface area contributed by atoms with Gasteiger partial charge < -0.3 is 5.73 Å². The fourth-order valence-corrected chi connectivity index (χ4v) is 1.52. The van der Waals surface area contributed by atoms with Gasteiger partial charge in [-0.1, -0.05) is 19.9 Å². The van der Waals surface area contributed by atoms with E-state index in [-0.39, 0.29) is 0 Å². The van der Waals surface area contributed by atoms with Crippen LogP contribution in [0.25, 0.3) is 0 Å². The van der Waals surface area contributed by atoms with Gasteiger partial charge in [0, 0.05) is 18.3 Å². The lowest BCUT2D eigenvalue weighted by molar-refractivity contribution is 0.492. The molecule has 0 radical (unpaired) electrons. The number of nitrogens with two attached hydrogens (primary N) is 1. The third-order valence-electron chi connectivity index (χ3n) is 2.33. The lowest BCUT2D eigenvalue weighted by Crippen LogP contribution is -2.11. The van der Waals surface area contributed by atoms with E-state index in [1.54, 1.807) is 12.4 Å². The highest BCUT2D eigenvalue weighted by Crippen LogP contribution is 2.28. The summed E-state index contributed by atoms with van der Waals surface area (Å²) in [6.07, 6.45) is 6.09. The molecule has 3 nitrogen and oxygen atoms in total.